The molecule has 0 aliphatic carbocycles. The zero-order chi connectivity index (χ0) is 13.2. The van der Waals surface area contributed by atoms with E-state index in [1.165, 1.54) is 18.2 Å². The van der Waals surface area contributed by atoms with E-state index in [1.54, 1.807) is 24.1 Å². The van der Waals surface area contributed by atoms with E-state index in [0.29, 0.717) is 5.69 Å². The third-order valence-corrected chi connectivity index (χ3v) is 2.48. The van der Waals surface area contributed by atoms with Crippen LogP contribution in [0.15, 0.2) is 36.8 Å². The van der Waals surface area contributed by atoms with Gasteiger partial charge in [-0.3, -0.25) is 0 Å². The molecule has 0 unspecified atom stereocenters. The summed E-state index contributed by atoms with van der Waals surface area (Å²) < 4.78 is 45.0. The van der Waals surface area contributed by atoms with Crippen molar-refractivity contribution in [1.29, 1.82) is 0 Å². The number of nitrogens with zero attached hydrogens (tertiary/aromatic N) is 2. The number of halogens is 3. The van der Waals surface area contributed by atoms with Crippen LogP contribution in [0.4, 0.5) is 13.2 Å². The molecule has 96 valence electrons. The largest absolute Gasteiger partial charge is 0.487 e. The summed E-state index contributed by atoms with van der Waals surface area (Å²) in [5.41, 5.74) is -0.0702. The van der Waals surface area contributed by atoms with Gasteiger partial charge in [-0.15, -0.1) is 0 Å². The number of benzene rings is 1. The van der Waals surface area contributed by atoms with Crippen LogP contribution in [-0.4, -0.2) is 9.55 Å². The van der Waals surface area contributed by atoms with E-state index in [-0.39, 0.29) is 12.4 Å². The van der Waals surface area contributed by atoms with E-state index in [4.69, 9.17) is 4.74 Å². The quantitative estimate of drug-likeness (QED) is 0.844. The summed E-state index contributed by atoms with van der Waals surface area (Å²) in [4.78, 5) is 3.87. The Hall–Kier alpha value is -1.98. The van der Waals surface area contributed by atoms with Crippen molar-refractivity contribution in [2.24, 2.45) is 7.05 Å². The summed E-state index contributed by atoms with van der Waals surface area (Å²) in [5.74, 6) is -0.175. The van der Waals surface area contributed by atoms with Gasteiger partial charge < -0.3 is 9.30 Å². The summed E-state index contributed by atoms with van der Waals surface area (Å²) >= 11 is 0. The first-order chi connectivity index (χ1) is 8.48. The standard InChI is InChI=1S/C12H11F3N2O/c1-17-8-16-6-9(17)7-18-11-5-3-2-4-10(11)12(13,14)15/h2-6,8H,7H2,1H3. The average Bonchev–Trinajstić information content (AvgIpc) is 2.71. The van der Waals surface area contributed by atoms with Crippen molar-refractivity contribution < 1.29 is 17.9 Å². The summed E-state index contributed by atoms with van der Waals surface area (Å²) in [6.07, 6.45) is -1.30. The van der Waals surface area contributed by atoms with E-state index < -0.39 is 11.7 Å². The number of aromatic nitrogens is 2. The average molecular weight is 256 g/mol. The second-order valence-electron chi connectivity index (χ2n) is 3.78. The topological polar surface area (TPSA) is 27.1 Å². The van der Waals surface area contributed by atoms with Gasteiger partial charge in [-0.05, 0) is 12.1 Å². The van der Waals surface area contributed by atoms with Crippen LogP contribution in [0, 0.1) is 0 Å². The fourth-order valence-corrected chi connectivity index (χ4v) is 1.50. The van der Waals surface area contributed by atoms with Crippen LogP contribution < -0.4 is 4.74 Å². The van der Waals surface area contributed by atoms with Gasteiger partial charge in [-0.2, -0.15) is 13.2 Å². The van der Waals surface area contributed by atoms with Crippen LogP contribution in [0.3, 0.4) is 0 Å². The zero-order valence-corrected chi connectivity index (χ0v) is 9.61. The number of para-hydroxylation sites is 1. The number of rotatable bonds is 3. The van der Waals surface area contributed by atoms with Crippen molar-refractivity contribution in [3.05, 3.63) is 48.0 Å². The van der Waals surface area contributed by atoms with Crippen molar-refractivity contribution in [2.45, 2.75) is 12.8 Å². The fourth-order valence-electron chi connectivity index (χ4n) is 1.50. The molecule has 2 rings (SSSR count). The molecule has 0 bridgehead atoms. The van der Waals surface area contributed by atoms with Gasteiger partial charge in [-0.1, -0.05) is 12.1 Å². The third-order valence-electron chi connectivity index (χ3n) is 2.48. The normalized spacial score (nSPS) is 11.6. The van der Waals surface area contributed by atoms with Crippen LogP contribution in [-0.2, 0) is 19.8 Å². The van der Waals surface area contributed by atoms with Gasteiger partial charge in [0.1, 0.15) is 12.4 Å². The lowest BCUT2D eigenvalue weighted by Crippen LogP contribution is -2.09. The van der Waals surface area contributed by atoms with E-state index in [0.717, 1.165) is 6.07 Å². The predicted octanol–water partition coefficient (Wildman–Crippen LogP) is 3.02. The van der Waals surface area contributed by atoms with Crippen molar-refractivity contribution in [2.75, 3.05) is 0 Å². The van der Waals surface area contributed by atoms with Crippen molar-refractivity contribution in [3.63, 3.8) is 0 Å². The van der Waals surface area contributed by atoms with Gasteiger partial charge in [0.25, 0.3) is 0 Å². The Morgan fingerprint density at radius 3 is 2.61 bits per heavy atom. The van der Waals surface area contributed by atoms with Gasteiger partial charge in [0.05, 0.1) is 23.8 Å². The molecule has 0 saturated heterocycles. The van der Waals surface area contributed by atoms with Crippen LogP contribution in [0.1, 0.15) is 11.3 Å². The first-order valence-electron chi connectivity index (χ1n) is 5.22. The highest BCUT2D eigenvalue weighted by molar-refractivity contribution is 5.35. The Morgan fingerprint density at radius 2 is 2.00 bits per heavy atom. The zero-order valence-electron chi connectivity index (χ0n) is 9.61. The highest BCUT2D eigenvalue weighted by Gasteiger charge is 2.33. The maximum absolute atomic E-state index is 12.7. The molecule has 1 heterocycles. The summed E-state index contributed by atoms with van der Waals surface area (Å²) in [6, 6.07) is 5.14. The Balaban J connectivity index is 2.17. The first-order valence-corrected chi connectivity index (χ1v) is 5.22. The molecule has 0 atom stereocenters. The highest BCUT2D eigenvalue weighted by Crippen LogP contribution is 2.36. The molecule has 2 aromatic rings. The smallest absolute Gasteiger partial charge is 0.419 e. The van der Waals surface area contributed by atoms with Crippen LogP contribution in [0.25, 0.3) is 0 Å². The van der Waals surface area contributed by atoms with Crippen molar-refractivity contribution >= 4 is 0 Å². The second kappa shape index (κ2) is 4.72. The maximum Gasteiger partial charge on any atom is 0.419 e. The molecule has 1 aromatic heterocycles. The first kappa shape index (κ1) is 12.5. The number of aryl methyl sites for hydroxylation is 1. The minimum absolute atomic E-state index is 0.0452. The van der Waals surface area contributed by atoms with Crippen molar-refractivity contribution in [1.82, 2.24) is 9.55 Å². The van der Waals surface area contributed by atoms with Gasteiger partial charge >= 0.3 is 6.18 Å². The number of hydrogen-bond donors (Lipinski definition) is 0. The molecular formula is C12H11F3N2O. The molecule has 0 radical (unpaired) electrons. The van der Waals surface area contributed by atoms with Crippen LogP contribution >= 0.6 is 0 Å². The molecule has 0 aliphatic heterocycles. The number of hydrogen-bond acceptors (Lipinski definition) is 2. The van der Waals surface area contributed by atoms with E-state index in [2.05, 4.69) is 4.98 Å². The molecule has 0 amide bonds. The molecule has 0 spiro atoms. The summed E-state index contributed by atoms with van der Waals surface area (Å²) in [5, 5.41) is 0. The van der Waals surface area contributed by atoms with Crippen LogP contribution in [0.5, 0.6) is 5.75 Å². The highest BCUT2D eigenvalue weighted by atomic mass is 19.4. The van der Waals surface area contributed by atoms with Gasteiger partial charge in [-0.25, -0.2) is 4.98 Å². The molecule has 0 aliphatic rings. The molecule has 18 heavy (non-hydrogen) atoms. The monoisotopic (exact) mass is 256 g/mol. The lowest BCUT2D eigenvalue weighted by molar-refractivity contribution is -0.139. The SMILES string of the molecule is Cn1cncc1COc1ccccc1C(F)(F)F. The van der Waals surface area contributed by atoms with E-state index in [9.17, 15) is 13.2 Å². The summed E-state index contributed by atoms with van der Waals surface area (Å²) in [7, 11) is 1.75. The van der Waals surface area contributed by atoms with Gasteiger partial charge in [0.2, 0.25) is 0 Å². The maximum atomic E-state index is 12.7. The van der Waals surface area contributed by atoms with Crippen LogP contribution in [0.2, 0.25) is 0 Å². The predicted molar refractivity (Wildman–Crippen MR) is 59.0 cm³/mol. The molecular weight excluding hydrogens is 245 g/mol. The Bertz CT molecular complexity index is 534. The Labute approximate surface area is 102 Å². The molecule has 0 saturated carbocycles. The van der Waals surface area contributed by atoms with Crippen molar-refractivity contribution in [3.8, 4) is 5.75 Å². The number of ether oxygens (including phenoxy) is 1. The minimum atomic E-state index is -4.41. The molecule has 1 aromatic carbocycles. The fraction of sp³-hybridized carbons (Fsp3) is 0.250. The number of alkyl halides is 3. The van der Waals surface area contributed by atoms with Gasteiger partial charge in [0, 0.05) is 7.05 Å². The minimum Gasteiger partial charge on any atom is -0.487 e. The Kier molecular flexibility index (Phi) is 3.27. The third kappa shape index (κ3) is 2.64. The molecule has 3 nitrogen and oxygen atoms in total. The van der Waals surface area contributed by atoms with E-state index in [1.807, 2.05) is 0 Å². The lowest BCUT2D eigenvalue weighted by Gasteiger charge is -2.13. The number of imidazole rings is 1. The Morgan fingerprint density at radius 1 is 1.28 bits per heavy atom. The van der Waals surface area contributed by atoms with E-state index >= 15 is 0 Å². The lowest BCUT2D eigenvalue weighted by atomic mass is 10.2. The summed E-state index contributed by atoms with van der Waals surface area (Å²) in [6.45, 7) is 0.0452. The van der Waals surface area contributed by atoms with Gasteiger partial charge in [0.15, 0.2) is 0 Å². The molecule has 0 fully saturated rings. The molecule has 6 heteroatoms. The second-order valence-corrected chi connectivity index (χ2v) is 3.78. The molecule has 0 N–H and O–H groups in total.